The molecule has 134 valence electrons. The summed E-state index contributed by atoms with van der Waals surface area (Å²) in [4.78, 5) is 16.1. The second-order valence-corrected chi connectivity index (χ2v) is 8.45. The molecule has 1 atom stereocenters. The van der Waals surface area contributed by atoms with Crippen LogP contribution in [-0.2, 0) is 14.8 Å². The highest BCUT2D eigenvalue weighted by molar-refractivity contribution is 7.89. The van der Waals surface area contributed by atoms with Gasteiger partial charge in [0.1, 0.15) is 0 Å². The summed E-state index contributed by atoms with van der Waals surface area (Å²) in [5.74, 6) is 0.0461. The van der Waals surface area contributed by atoms with Crippen molar-refractivity contribution in [3.05, 3.63) is 29.8 Å². The fourth-order valence-electron chi connectivity index (χ4n) is 2.93. The number of rotatable bonds is 4. The second-order valence-electron chi connectivity index (χ2n) is 6.52. The van der Waals surface area contributed by atoms with Gasteiger partial charge in [-0.3, -0.25) is 9.69 Å². The van der Waals surface area contributed by atoms with E-state index >= 15 is 0 Å². The van der Waals surface area contributed by atoms with Gasteiger partial charge < -0.3 is 4.90 Å². The fraction of sp³-hybridized carbons (Fsp3) is 0.588. The van der Waals surface area contributed by atoms with Crippen molar-refractivity contribution < 1.29 is 13.2 Å². The van der Waals surface area contributed by atoms with Crippen LogP contribution in [0.5, 0.6) is 0 Å². The van der Waals surface area contributed by atoms with Crippen LogP contribution >= 0.6 is 0 Å². The average Bonchev–Trinajstić information content (AvgIpc) is 2.80. The lowest BCUT2D eigenvalue weighted by molar-refractivity contribution is -0.133. The Bertz CT molecular complexity index is 671. The highest BCUT2D eigenvalue weighted by Crippen LogP contribution is 2.19. The first-order valence-corrected chi connectivity index (χ1v) is 9.69. The predicted molar refractivity (Wildman–Crippen MR) is 94.3 cm³/mol. The fourth-order valence-corrected chi connectivity index (χ4v) is 4.40. The lowest BCUT2D eigenvalue weighted by atomic mass is 10.2. The quantitative estimate of drug-likeness (QED) is 0.815. The SMILES string of the molecule is Cc1ccc(S(=O)(=O)N2CCCN([C@@H](C)C(=O)N(C)C)CC2)cc1. The number of hydrogen-bond acceptors (Lipinski definition) is 4. The van der Waals surface area contributed by atoms with Gasteiger partial charge in [0, 0.05) is 40.3 Å². The Balaban J connectivity index is 2.10. The summed E-state index contributed by atoms with van der Waals surface area (Å²) in [6, 6.07) is 6.71. The Labute approximate surface area is 145 Å². The normalized spacial score (nSPS) is 18.8. The van der Waals surface area contributed by atoms with Crippen molar-refractivity contribution in [3.63, 3.8) is 0 Å². The van der Waals surface area contributed by atoms with E-state index < -0.39 is 10.0 Å². The lowest BCUT2D eigenvalue weighted by Gasteiger charge is -2.28. The molecular weight excluding hydrogens is 326 g/mol. The summed E-state index contributed by atoms with van der Waals surface area (Å²) in [5, 5.41) is 0. The standard InChI is InChI=1S/C17H27N3O3S/c1-14-6-8-16(9-7-14)24(22,23)20-11-5-10-19(12-13-20)15(2)17(21)18(3)4/h6-9,15H,5,10-13H2,1-4H3/t15-/m0/s1. The number of nitrogens with zero attached hydrogens (tertiary/aromatic N) is 3. The van der Waals surface area contributed by atoms with Gasteiger partial charge in [0.2, 0.25) is 15.9 Å². The van der Waals surface area contributed by atoms with Crippen LogP contribution in [0.3, 0.4) is 0 Å². The number of likely N-dealkylation sites (N-methyl/N-ethyl adjacent to an activating group) is 1. The molecule has 1 amide bonds. The third-order valence-electron chi connectivity index (χ3n) is 4.49. The summed E-state index contributed by atoms with van der Waals surface area (Å²) in [6.45, 7) is 5.99. The van der Waals surface area contributed by atoms with Gasteiger partial charge in [-0.1, -0.05) is 17.7 Å². The Kier molecular flexibility index (Phi) is 6.01. The van der Waals surface area contributed by atoms with Gasteiger partial charge in [-0.25, -0.2) is 8.42 Å². The molecule has 1 heterocycles. The van der Waals surface area contributed by atoms with Crippen LogP contribution in [0.1, 0.15) is 18.9 Å². The van der Waals surface area contributed by atoms with Crippen LogP contribution in [0.25, 0.3) is 0 Å². The Morgan fingerprint density at radius 2 is 1.71 bits per heavy atom. The first kappa shape index (κ1) is 18.9. The minimum Gasteiger partial charge on any atom is -0.347 e. The maximum Gasteiger partial charge on any atom is 0.243 e. The molecule has 1 fully saturated rings. The average molecular weight is 353 g/mol. The van der Waals surface area contributed by atoms with E-state index in [4.69, 9.17) is 0 Å². The molecule has 2 rings (SSSR count). The smallest absolute Gasteiger partial charge is 0.243 e. The molecular formula is C17H27N3O3S. The Hall–Kier alpha value is -1.44. The summed E-state index contributed by atoms with van der Waals surface area (Å²) in [5.41, 5.74) is 1.03. The molecule has 0 aliphatic carbocycles. The number of amides is 1. The van der Waals surface area contributed by atoms with Crippen LogP contribution in [0, 0.1) is 6.92 Å². The largest absolute Gasteiger partial charge is 0.347 e. The maximum atomic E-state index is 12.8. The van der Waals surface area contributed by atoms with E-state index in [-0.39, 0.29) is 11.9 Å². The monoisotopic (exact) mass is 353 g/mol. The van der Waals surface area contributed by atoms with Crippen LogP contribution < -0.4 is 0 Å². The number of sulfonamides is 1. The summed E-state index contributed by atoms with van der Waals surface area (Å²) >= 11 is 0. The molecule has 6 nitrogen and oxygen atoms in total. The first-order valence-electron chi connectivity index (χ1n) is 8.25. The van der Waals surface area contributed by atoms with E-state index in [1.165, 1.54) is 4.31 Å². The van der Waals surface area contributed by atoms with Crippen molar-refractivity contribution in [2.75, 3.05) is 40.3 Å². The van der Waals surface area contributed by atoms with E-state index in [0.717, 1.165) is 18.5 Å². The summed E-state index contributed by atoms with van der Waals surface area (Å²) < 4.78 is 27.1. The van der Waals surface area contributed by atoms with Crippen molar-refractivity contribution in [1.82, 2.24) is 14.1 Å². The minimum absolute atomic E-state index is 0.0461. The highest BCUT2D eigenvalue weighted by Gasteiger charge is 2.30. The minimum atomic E-state index is -3.48. The van der Waals surface area contributed by atoms with Gasteiger partial charge >= 0.3 is 0 Å². The predicted octanol–water partition coefficient (Wildman–Crippen LogP) is 1.17. The van der Waals surface area contributed by atoms with Crippen molar-refractivity contribution in [3.8, 4) is 0 Å². The van der Waals surface area contributed by atoms with Gasteiger partial charge in [-0.05, 0) is 32.4 Å². The molecule has 1 aromatic carbocycles. The maximum absolute atomic E-state index is 12.8. The molecule has 0 N–H and O–H groups in total. The topological polar surface area (TPSA) is 60.9 Å². The van der Waals surface area contributed by atoms with E-state index in [1.807, 2.05) is 26.0 Å². The molecule has 0 unspecified atom stereocenters. The number of benzene rings is 1. The second kappa shape index (κ2) is 7.63. The molecule has 1 aromatic rings. The van der Waals surface area contributed by atoms with Gasteiger partial charge in [0.25, 0.3) is 0 Å². The Morgan fingerprint density at radius 1 is 1.08 bits per heavy atom. The molecule has 0 aromatic heterocycles. The van der Waals surface area contributed by atoms with Crippen LogP contribution in [0.4, 0.5) is 0 Å². The third-order valence-corrected chi connectivity index (χ3v) is 6.41. The van der Waals surface area contributed by atoms with Gasteiger partial charge in [0.05, 0.1) is 10.9 Å². The molecule has 0 spiro atoms. The van der Waals surface area contributed by atoms with E-state index in [1.54, 1.807) is 31.1 Å². The van der Waals surface area contributed by atoms with Gasteiger partial charge in [-0.15, -0.1) is 0 Å². The highest BCUT2D eigenvalue weighted by atomic mass is 32.2. The number of carbonyl (C=O) groups is 1. The molecule has 0 bridgehead atoms. The Morgan fingerprint density at radius 3 is 2.29 bits per heavy atom. The summed E-state index contributed by atoms with van der Waals surface area (Å²) in [7, 11) is 0.00525. The van der Waals surface area contributed by atoms with E-state index in [2.05, 4.69) is 4.90 Å². The zero-order valence-corrected chi connectivity index (χ0v) is 15.7. The van der Waals surface area contributed by atoms with Gasteiger partial charge in [-0.2, -0.15) is 4.31 Å². The van der Waals surface area contributed by atoms with E-state index in [9.17, 15) is 13.2 Å². The number of hydrogen-bond donors (Lipinski definition) is 0. The molecule has 7 heteroatoms. The molecule has 24 heavy (non-hydrogen) atoms. The van der Waals surface area contributed by atoms with Crippen molar-refractivity contribution >= 4 is 15.9 Å². The zero-order valence-electron chi connectivity index (χ0n) is 14.9. The van der Waals surface area contributed by atoms with Crippen molar-refractivity contribution in [2.45, 2.75) is 31.2 Å². The van der Waals surface area contributed by atoms with Gasteiger partial charge in [0.15, 0.2) is 0 Å². The molecule has 0 radical (unpaired) electrons. The third kappa shape index (κ3) is 4.15. The molecule has 0 saturated carbocycles. The van der Waals surface area contributed by atoms with Crippen molar-refractivity contribution in [1.29, 1.82) is 0 Å². The van der Waals surface area contributed by atoms with Crippen molar-refractivity contribution in [2.24, 2.45) is 0 Å². The summed E-state index contributed by atoms with van der Waals surface area (Å²) in [6.07, 6.45) is 0.718. The van der Waals surface area contributed by atoms with E-state index in [0.29, 0.717) is 24.5 Å². The number of aryl methyl sites for hydroxylation is 1. The lowest BCUT2D eigenvalue weighted by Crippen LogP contribution is -2.46. The number of carbonyl (C=O) groups excluding carboxylic acids is 1. The molecule has 1 saturated heterocycles. The first-order chi connectivity index (χ1) is 11.2. The van der Waals surface area contributed by atoms with Crippen LogP contribution in [-0.4, -0.2) is 74.7 Å². The zero-order chi connectivity index (χ0) is 17.9. The molecule has 1 aliphatic rings. The van der Waals surface area contributed by atoms with Crippen LogP contribution in [0.15, 0.2) is 29.2 Å². The van der Waals surface area contributed by atoms with Crippen LogP contribution in [0.2, 0.25) is 0 Å². The molecule has 1 aliphatic heterocycles.